The Morgan fingerprint density at radius 1 is 1.33 bits per heavy atom. The van der Waals surface area contributed by atoms with Gasteiger partial charge < -0.3 is 0 Å². The molecule has 0 amide bonds. The fraction of sp³-hybridized carbons (Fsp3) is 0.800. The summed E-state index contributed by atoms with van der Waals surface area (Å²) in [4.78, 5) is 0. The van der Waals surface area contributed by atoms with Gasteiger partial charge >= 0.3 is 6.18 Å². The Kier molecular flexibility index (Phi) is 2.94. The number of hydrogen-bond acceptors (Lipinski definition) is 0. The molecular formula is C5H7F4. The predicted octanol–water partition coefficient (Wildman–Crippen LogP) is 2.50. The predicted molar refractivity (Wildman–Crippen MR) is 25.5 cm³/mol. The van der Waals surface area contributed by atoms with Gasteiger partial charge in [0.05, 0.1) is 0 Å². The average molecular weight is 143 g/mol. The lowest BCUT2D eigenvalue weighted by molar-refractivity contribution is -0.181. The molecule has 0 fully saturated rings. The molecule has 0 heterocycles. The molecule has 0 aromatic heterocycles. The smallest absolute Gasteiger partial charge is 0.237 e. The molecule has 0 unspecified atom stereocenters. The van der Waals surface area contributed by atoms with E-state index in [0.717, 1.165) is 0 Å². The highest BCUT2D eigenvalue weighted by molar-refractivity contribution is 4.65. The van der Waals surface area contributed by atoms with E-state index in [9.17, 15) is 17.6 Å². The Morgan fingerprint density at radius 2 is 1.78 bits per heavy atom. The van der Waals surface area contributed by atoms with Gasteiger partial charge in [-0.1, -0.05) is 13.3 Å². The first-order valence-electron chi connectivity index (χ1n) is 2.48. The minimum absolute atomic E-state index is 0.0271. The van der Waals surface area contributed by atoms with Crippen molar-refractivity contribution in [2.24, 2.45) is 0 Å². The van der Waals surface area contributed by atoms with Crippen LogP contribution in [0.5, 0.6) is 0 Å². The molecule has 0 bridgehead atoms. The van der Waals surface area contributed by atoms with Gasteiger partial charge in [-0.2, -0.15) is 13.2 Å². The molecule has 1 atom stereocenters. The van der Waals surface area contributed by atoms with E-state index in [1.807, 2.05) is 0 Å². The summed E-state index contributed by atoms with van der Waals surface area (Å²) in [6, 6.07) is 0. The van der Waals surface area contributed by atoms with Crippen LogP contribution >= 0.6 is 0 Å². The van der Waals surface area contributed by atoms with Crippen LogP contribution in [0.25, 0.3) is 0 Å². The quantitative estimate of drug-likeness (QED) is 0.521. The van der Waals surface area contributed by atoms with Gasteiger partial charge in [0.2, 0.25) is 0 Å². The Hall–Kier alpha value is -0.280. The molecule has 1 radical (unpaired) electrons. The maximum absolute atomic E-state index is 11.7. The Morgan fingerprint density at radius 3 is 1.89 bits per heavy atom. The zero-order valence-electron chi connectivity index (χ0n) is 4.71. The molecule has 4 heteroatoms. The van der Waals surface area contributed by atoms with E-state index in [-0.39, 0.29) is 6.42 Å². The topological polar surface area (TPSA) is 0 Å². The van der Waals surface area contributed by atoms with Crippen LogP contribution in [0.1, 0.15) is 12.8 Å². The maximum atomic E-state index is 11.7. The summed E-state index contributed by atoms with van der Waals surface area (Å²) >= 11 is 0. The SMILES string of the molecule is [CH2]CC[C@H](F)C(F)(F)F. The first-order valence-corrected chi connectivity index (χ1v) is 2.48. The molecule has 0 saturated heterocycles. The Labute approximate surface area is 50.9 Å². The van der Waals surface area contributed by atoms with E-state index in [1.165, 1.54) is 0 Å². The minimum Gasteiger partial charge on any atom is -0.237 e. The molecule has 0 spiro atoms. The zero-order chi connectivity index (χ0) is 7.49. The number of alkyl halides is 4. The van der Waals surface area contributed by atoms with E-state index >= 15 is 0 Å². The molecule has 9 heavy (non-hydrogen) atoms. The summed E-state index contributed by atoms with van der Waals surface area (Å²) in [6.45, 7) is 3.10. The standard InChI is InChI=1S/C5H7F4/c1-2-3-4(6)5(7,8)9/h4H,1-3H2/t4-/m0/s1. The van der Waals surface area contributed by atoms with Gasteiger partial charge in [0.25, 0.3) is 0 Å². The molecule has 0 saturated carbocycles. The van der Waals surface area contributed by atoms with Crippen LogP contribution in [-0.4, -0.2) is 12.3 Å². The molecule has 0 rings (SSSR count). The van der Waals surface area contributed by atoms with Crippen molar-refractivity contribution in [1.82, 2.24) is 0 Å². The molecule has 0 N–H and O–H groups in total. The highest BCUT2D eigenvalue weighted by Gasteiger charge is 2.38. The summed E-state index contributed by atoms with van der Waals surface area (Å²) in [6.07, 6.45) is -7.96. The second-order valence-electron chi connectivity index (χ2n) is 1.65. The Balaban J connectivity index is 3.59. The molecule has 0 aromatic carbocycles. The van der Waals surface area contributed by atoms with Crippen molar-refractivity contribution in [3.8, 4) is 0 Å². The summed E-state index contributed by atoms with van der Waals surface area (Å²) in [5.74, 6) is 0. The number of hydrogen-bond donors (Lipinski definition) is 0. The lowest BCUT2D eigenvalue weighted by atomic mass is 10.2. The summed E-state index contributed by atoms with van der Waals surface area (Å²) < 4.78 is 45.4. The van der Waals surface area contributed by atoms with Crippen LogP contribution in [0.4, 0.5) is 17.6 Å². The molecule has 0 aliphatic carbocycles. The van der Waals surface area contributed by atoms with Gasteiger partial charge in [0.1, 0.15) is 0 Å². The number of halogens is 4. The highest BCUT2D eigenvalue weighted by atomic mass is 19.4. The van der Waals surface area contributed by atoms with E-state index in [2.05, 4.69) is 6.92 Å². The lowest BCUT2D eigenvalue weighted by Crippen LogP contribution is -2.23. The van der Waals surface area contributed by atoms with Gasteiger partial charge in [0.15, 0.2) is 6.17 Å². The third-order valence-corrected chi connectivity index (χ3v) is 0.813. The highest BCUT2D eigenvalue weighted by Crippen LogP contribution is 2.25. The number of rotatable bonds is 2. The molecule has 0 nitrogen and oxygen atoms in total. The van der Waals surface area contributed by atoms with Crippen molar-refractivity contribution in [3.05, 3.63) is 6.92 Å². The van der Waals surface area contributed by atoms with Crippen LogP contribution in [0.2, 0.25) is 0 Å². The average Bonchev–Trinajstić information content (AvgIpc) is 1.64. The summed E-state index contributed by atoms with van der Waals surface area (Å²) in [5.41, 5.74) is 0. The van der Waals surface area contributed by atoms with Crippen molar-refractivity contribution in [1.29, 1.82) is 0 Å². The van der Waals surface area contributed by atoms with E-state index in [0.29, 0.717) is 0 Å². The zero-order valence-corrected chi connectivity index (χ0v) is 4.71. The van der Waals surface area contributed by atoms with E-state index in [4.69, 9.17) is 0 Å². The van der Waals surface area contributed by atoms with Crippen molar-refractivity contribution in [2.75, 3.05) is 0 Å². The van der Waals surface area contributed by atoms with Crippen molar-refractivity contribution >= 4 is 0 Å². The fourth-order valence-electron chi connectivity index (χ4n) is 0.343. The van der Waals surface area contributed by atoms with Crippen molar-refractivity contribution < 1.29 is 17.6 Å². The van der Waals surface area contributed by atoms with Gasteiger partial charge in [-0.05, 0) is 6.42 Å². The normalized spacial score (nSPS) is 15.7. The fourth-order valence-corrected chi connectivity index (χ4v) is 0.343. The van der Waals surface area contributed by atoms with E-state index < -0.39 is 18.8 Å². The first-order chi connectivity index (χ1) is 3.98. The second-order valence-corrected chi connectivity index (χ2v) is 1.65. The van der Waals surface area contributed by atoms with Crippen molar-refractivity contribution in [2.45, 2.75) is 25.2 Å². The van der Waals surface area contributed by atoms with Crippen LogP contribution < -0.4 is 0 Å². The van der Waals surface area contributed by atoms with Gasteiger partial charge in [-0.3, -0.25) is 0 Å². The second kappa shape index (κ2) is 3.03. The maximum Gasteiger partial charge on any atom is 0.419 e. The van der Waals surface area contributed by atoms with Crippen LogP contribution in [0, 0.1) is 6.92 Å². The molecule has 0 aliphatic rings. The van der Waals surface area contributed by atoms with Crippen molar-refractivity contribution in [3.63, 3.8) is 0 Å². The molecule has 0 aliphatic heterocycles. The Bertz CT molecular complexity index is 75.5. The van der Waals surface area contributed by atoms with Gasteiger partial charge in [-0.15, -0.1) is 0 Å². The molecule has 55 valence electrons. The van der Waals surface area contributed by atoms with E-state index in [1.54, 1.807) is 0 Å². The van der Waals surface area contributed by atoms with Crippen LogP contribution in [0.15, 0.2) is 0 Å². The van der Waals surface area contributed by atoms with Gasteiger partial charge in [-0.25, -0.2) is 4.39 Å². The van der Waals surface area contributed by atoms with Gasteiger partial charge in [0, 0.05) is 0 Å². The third-order valence-electron chi connectivity index (χ3n) is 0.813. The van der Waals surface area contributed by atoms with Crippen LogP contribution in [0.3, 0.4) is 0 Å². The molecular weight excluding hydrogens is 136 g/mol. The largest absolute Gasteiger partial charge is 0.419 e. The monoisotopic (exact) mass is 143 g/mol. The summed E-state index contributed by atoms with van der Waals surface area (Å²) in [5, 5.41) is 0. The minimum atomic E-state index is -4.70. The van der Waals surface area contributed by atoms with Crippen LogP contribution in [-0.2, 0) is 0 Å². The summed E-state index contributed by atoms with van der Waals surface area (Å²) in [7, 11) is 0. The first kappa shape index (κ1) is 8.72. The third kappa shape index (κ3) is 3.32. The molecule has 0 aromatic rings. The lowest BCUT2D eigenvalue weighted by Gasteiger charge is -2.09.